The van der Waals surface area contributed by atoms with Crippen molar-refractivity contribution in [1.29, 1.82) is 0 Å². The summed E-state index contributed by atoms with van der Waals surface area (Å²) in [5.74, 6) is 0. The lowest BCUT2D eigenvalue weighted by Gasteiger charge is -2.26. The fourth-order valence-corrected chi connectivity index (χ4v) is 3.12. The van der Waals surface area contributed by atoms with Crippen molar-refractivity contribution in [1.82, 2.24) is 10.2 Å². The Labute approximate surface area is 139 Å². The fraction of sp³-hybridized carbons (Fsp3) is 0.400. The monoisotopic (exact) mass is 309 g/mol. The van der Waals surface area contributed by atoms with Crippen LogP contribution in [0.3, 0.4) is 0 Å². The topological polar surface area (TPSA) is 41.3 Å². The van der Waals surface area contributed by atoms with E-state index in [4.69, 9.17) is 5.73 Å². The molecule has 122 valence electrons. The Morgan fingerprint density at radius 2 is 1.26 bits per heavy atom. The van der Waals surface area contributed by atoms with Crippen LogP contribution in [0.2, 0.25) is 0 Å². The number of nitrogens with one attached hydrogen (secondary N) is 1. The molecule has 1 aliphatic rings. The zero-order valence-corrected chi connectivity index (χ0v) is 13.8. The molecule has 0 spiro atoms. The highest BCUT2D eigenvalue weighted by Gasteiger charge is 2.10. The Balaban J connectivity index is 1.44. The van der Waals surface area contributed by atoms with E-state index in [1.165, 1.54) is 49.0 Å². The number of benzene rings is 2. The Morgan fingerprint density at radius 3 is 1.87 bits per heavy atom. The van der Waals surface area contributed by atoms with Gasteiger partial charge in [0.25, 0.3) is 0 Å². The minimum atomic E-state index is 0.818. The lowest BCUT2D eigenvalue weighted by atomic mass is 10.1. The molecule has 0 bridgehead atoms. The van der Waals surface area contributed by atoms with E-state index in [1.807, 2.05) is 12.1 Å². The molecule has 0 amide bonds. The Hall–Kier alpha value is -1.84. The first-order valence-corrected chi connectivity index (χ1v) is 8.65. The summed E-state index contributed by atoms with van der Waals surface area (Å²) in [5, 5.41) is 3.49. The van der Waals surface area contributed by atoms with E-state index in [1.54, 1.807) is 0 Å². The van der Waals surface area contributed by atoms with Gasteiger partial charge in [0.15, 0.2) is 0 Å². The minimum Gasteiger partial charge on any atom is -0.399 e. The molecule has 0 aromatic heterocycles. The summed E-state index contributed by atoms with van der Waals surface area (Å²) >= 11 is 0. The van der Waals surface area contributed by atoms with Crippen molar-refractivity contribution in [2.75, 3.05) is 18.8 Å². The molecule has 0 saturated carbocycles. The maximum Gasteiger partial charge on any atom is 0.0314 e. The number of piperidine rings is 1. The van der Waals surface area contributed by atoms with Crippen molar-refractivity contribution in [2.45, 2.75) is 38.9 Å². The van der Waals surface area contributed by atoms with Gasteiger partial charge in [0.1, 0.15) is 0 Å². The third-order valence-corrected chi connectivity index (χ3v) is 4.52. The van der Waals surface area contributed by atoms with E-state index >= 15 is 0 Å². The van der Waals surface area contributed by atoms with Gasteiger partial charge in [0, 0.05) is 25.3 Å². The van der Waals surface area contributed by atoms with Gasteiger partial charge in [0.2, 0.25) is 0 Å². The number of anilines is 1. The summed E-state index contributed by atoms with van der Waals surface area (Å²) in [6.07, 6.45) is 4.11. The number of hydrogen-bond acceptors (Lipinski definition) is 3. The van der Waals surface area contributed by atoms with Crippen molar-refractivity contribution >= 4 is 5.69 Å². The lowest BCUT2D eigenvalue weighted by molar-refractivity contribution is 0.221. The normalized spacial score (nSPS) is 15.7. The first kappa shape index (κ1) is 16.0. The predicted molar refractivity (Wildman–Crippen MR) is 97.0 cm³/mol. The number of nitrogen functional groups attached to an aromatic ring is 1. The molecule has 2 aromatic carbocycles. The van der Waals surface area contributed by atoms with Gasteiger partial charge in [-0.2, -0.15) is 0 Å². The van der Waals surface area contributed by atoms with Crippen molar-refractivity contribution in [2.24, 2.45) is 0 Å². The quantitative estimate of drug-likeness (QED) is 0.802. The molecule has 23 heavy (non-hydrogen) atoms. The maximum absolute atomic E-state index is 5.70. The highest BCUT2D eigenvalue weighted by Crippen LogP contribution is 2.13. The van der Waals surface area contributed by atoms with Crippen LogP contribution < -0.4 is 11.1 Å². The highest BCUT2D eigenvalue weighted by atomic mass is 15.1. The van der Waals surface area contributed by atoms with Crippen molar-refractivity contribution in [3.05, 3.63) is 65.2 Å². The van der Waals surface area contributed by atoms with Crippen LogP contribution in [-0.2, 0) is 19.6 Å². The summed E-state index contributed by atoms with van der Waals surface area (Å²) in [7, 11) is 0. The smallest absolute Gasteiger partial charge is 0.0314 e. The highest BCUT2D eigenvalue weighted by molar-refractivity contribution is 5.39. The van der Waals surface area contributed by atoms with E-state index < -0.39 is 0 Å². The van der Waals surface area contributed by atoms with E-state index in [-0.39, 0.29) is 0 Å². The van der Waals surface area contributed by atoms with Crippen molar-refractivity contribution in [3.8, 4) is 0 Å². The van der Waals surface area contributed by atoms with E-state index in [0.717, 1.165) is 25.3 Å². The van der Waals surface area contributed by atoms with Crippen LogP contribution >= 0.6 is 0 Å². The van der Waals surface area contributed by atoms with Crippen LogP contribution in [0.15, 0.2) is 48.5 Å². The molecule has 1 heterocycles. The summed E-state index contributed by atoms with van der Waals surface area (Å²) in [4.78, 5) is 2.57. The molecule has 1 aliphatic heterocycles. The molecule has 0 aliphatic carbocycles. The second-order valence-electron chi connectivity index (χ2n) is 6.50. The molecule has 0 atom stereocenters. The van der Waals surface area contributed by atoms with E-state index in [0.29, 0.717) is 0 Å². The average Bonchev–Trinajstić information content (AvgIpc) is 2.59. The van der Waals surface area contributed by atoms with Crippen molar-refractivity contribution < 1.29 is 0 Å². The Bertz CT molecular complexity index is 583. The summed E-state index contributed by atoms with van der Waals surface area (Å²) < 4.78 is 0. The number of rotatable bonds is 6. The van der Waals surface area contributed by atoms with E-state index in [2.05, 4.69) is 46.6 Å². The second-order valence-corrected chi connectivity index (χ2v) is 6.50. The molecule has 0 unspecified atom stereocenters. The Kier molecular flexibility index (Phi) is 5.67. The minimum absolute atomic E-state index is 0.818. The third-order valence-electron chi connectivity index (χ3n) is 4.52. The number of hydrogen-bond donors (Lipinski definition) is 2. The van der Waals surface area contributed by atoms with Gasteiger partial charge < -0.3 is 11.1 Å². The van der Waals surface area contributed by atoms with Gasteiger partial charge in [0.05, 0.1) is 0 Å². The molecule has 2 aromatic rings. The Morgan fingerprint density at radius 1 is 0.739 bits per heavy atom. The SMILES string of the molecule is Nc1ccc(CNCc2ccc(CN3CCCCC3)cc2)cc1. The van der Waals surface area contributed by atoms with Gasteiger partial charge >= 0.3 is 0 Å². The summed E-state index contributed by atoms with van der Waals surface area (Å²) in [5.41, 5.74) is 10.5. The largest absolute Gasteiger partial charge is 0.399 e. The van der Waals surface area contributed by atoms with Crippen LogP contribution in [0.25, 0.3) is 0 Å². The number of likely N-dealkylation sites (tertiary alicyclic amines) is 1. The number of nitrogens with two attached hydrogens (primary N) is 1. The first-order chi connectivity index (χ1) is 11.3. The van der Waals surface area contributed by atoms with E-state index in [9.17, 15) is 0 Å². The van der Waals surface area contributed by atoms with Crippen LogP contribution in [-0.4, -0.2) is 18.0 Å². The lowest BCUT2D eigenvalue weighted by Crippen LogP contribution is -2.29. The zero-order valence-electron chi connectivity index (χ0n) is 13.8. The molecular weight excluding hydrogens is 282 g/mol. The van der Waals surface area contributed by atoms with Crippen LogP contribution in [0.1, 0.15) is 36.0 Å². The fourth-order valence-electron chi connectivity index (χ4n) is 3.12. The molecule has 3 N–H and O–H groups in total. The number of nitrogens with zero attached hydrogens (tertiary/aromatic N) is 1. The molecule has 3 rings (SSSR count). The van der Waals surface area contributed by atoms with Crippen LogP contribution in [0.4, 0.5) is 5.69 Å². The zero-order chi connectivity index (χ0) is 15.9. The first-order valence-electron chi connectivity index (χ1n) is 8.65. The van der Waals surface area contributed by atoms with Crippen molar-refractivity contribution in [3.63, 3.8) is 0 Å². The predicted octanol–water partition coefficient (Wildman–Crippen LogP) is 3.54. The van der Waals surface area contributed by atoms with Crippen LogP contribution in [0, 0.1) is 0 Å². The van der Waals surface area contributed by atoms with Gasteiger partial charge in [-0.25, -0.2) is 0 Å². The van der Waals surface area contributed by atoms with Gasteiger partial charge in [-0.15, -0.1) is 0 Å². The second kappa shape index (κ2) is 8.14. The van der Waals surface area contributed by atoms with Gasteiger partial charge in [-0.1, -0.05) is 42.8 Å². The average molecular weight is 309 g/mol. The standard InChI is InChI=1S/C20H27N3/c21-20-10-8-18(9-11-20)15-22-14-17-4-6-19(7-5-17)16-23-12-2-1-3-13-23/h4-11,22H,1-3,12-16,21H2. The third kappa shape index (κ3) is 5.08. The molecular formula is C20H27N3. The van der Waals surface area contributed by atoms with Gasteiger partial charge in [-0.3, -0.25) is 4.90 Å². The molecule has 1 saturated heterocycles. The summed E-state index contributed by atoms with van der Waals surface area (Å²) in [6, 6.07) is 17.1. The molecule has 3 nitrogen and oxygen atoms in total. The molecule has 0 radical (unpaired) electrons. The molecule has 1 fully saturated rings. The molecule has 3 heteroatoms. The maximum atomic E-state index is 5.70. The summed E-state index contributed by atoms with van der Waals surface area (Å²) in [6.45, 7) is 5.37. The van der Waals surface area contributed by atoms with Gasteiger partial charge in [-0.05, 0) is 54.8 Å². The van der Waals surface area contributed by atoms with Crippen LogP contribution in [0.5, 0.6) is 0 Å².